The number of hydrogen-bond donors (Lipinski definition) is 4. The van der Waals surface area contributed by atoms with Crippen LogP contribution in [0.4, 0.5) is 60.0 Å². The minimum atomic E-state index is -4.85. The van der Waals surface area contributed by atoms with Crippen molar-refractivity contribution >= 4 is 134 Å². The number of anilines is 6. The number of nitrogens with two attached hydrogens (primary N) is 2. The van der Waals surface area contributed by atoms with Gasteiger partial charge < -0.3 is 41.4 Å². The third-order valence-corrected chi connectivity index (χ3v) is 13.6. The Kier molecular flexibility index (Phi) is 30.8. The minimum absolute atomic E-state index is 0. The third kappa shape index (κ3) is 23.5. The number of aromatic nitrogens is 1. The van der Waals surface area contributed by atoms with E-state index in [1.807, 2.05) is 43.3 Å². The summed E-state index contributed by atoms with van der Waals surface area (Å²) in [5.74, 6) is -0.815. The smallest absolute Gasteiger partial charge is 0.406 e. The molecule has 4 aromatic carbocycles. The zero-order valence-corrected chi connectivity index (χ0v) is 49.6. The average molecular weight is 1300 g/mol. The van der Waals surface area contributed by atoms with Crippen LogP contribution in [0.2, 0.25) is 0 Å². The second-order valence-electron chi connectivity index (χ2n) is 17.0. The van der Waals surface area contributed by atoms with Gasteiger partial charge in [-0.15, -0.1) is 43.3 Å². The molecule has 0 bridgehead atoms. The van der Waals surface area contributed by atoms with Crippen molar-refractivity contribution in [2.24, 2.45) is 10.7 Å². The Hall–Kier alpha value is -4.75. The molecule has 0 saturated carbocycles. The van der Waals surface area contributed by atoms with Gasteiger partial charge in [0.1, 0.15) is 22.2 Å². The summed E-state index contributed by atoms with van der Waals surface area (Å²) in [6.07, 6.45) is -9.59. The molecule has 1 atom stereocenters. The number of amidine groups is 1. The van der Waals surface area contributed by atoms with Gasteiger partial charge in [0.25, 0.3) is 0 Å². The second-order valence-corrected chi connectivity index (χ2v) is 20.3. The van der Waals surface area contributed by atoms with Gasteiger partial charge in [0.2, 0.25) is 5.78 Å². The van der Waals surface area contributed by atoms with Crippen LogP contribution >= 0.6 is 78.1 Å². The number of nitrogen functional groups attached to an aromatic ring is 1. The third-order valence-electron chi connectivity index (χ3n) is 11.3. The van der Waals surface area contributed by atoms with Crippen LogP contribution in [0.3, 0.4) is 0 Å². The Morgan fingerprint density at radius 3 is 1.62 bits per heavy atom. The number of carbonyl (C=O) groups excluding carboxylic acids is 2. The van der Waals surface area contributed by atoms with Crippen LogP contribution in [0.5, 0.6) is 11.5 Å². The Morgan fingerprint density at radius 2 is 1.19 bits per heavy atom. The molecule has 78 heavy (non-hydrogen) atoms. The van der Waals surface area contributed by atoms with E-state index in [1.54, 1.807) is 0 Å². The Bertz CT molecular complexity index is 2660. The summed E-state index contributed by atoms with van der Waals surface area (Å²) in [5, 5.41) is 7.61. The van der Waals surface area contributed by atoms with Crippen molar-refractivity contribution in [1.29, 1.82) is 0 Å². The standard InChI is InChI=1S/C24H26F3N5O2S.C17H27N5S2.C9H6BrF3O2.2CH4.BrH.H3P/c1-15(2)31-10-12-32(13-11-31)18-8-6-17(7-9-18)29-23-30-22(28)21(35-23)20(33)16-4-3-5-19(14-16)34-24(25,26)27;1-4-24-16(18)20-17(23)19-14-5-7-15(8-6-14)22-11-9-21(10-12-22)13(2)3;10-5-8(14)6-2-1-3-7(4-6)15-9(11,12)13;;;;/h3-9,14-15H,10-13,28H2,1-2H3,(H,29,30);5-8,13H,4,9-12H2,1-3H3,(H3,18,19,20,23);1-4H,5H2;2*1H4;1H;1H3. The number of hydrogen-bond acceptors (Lipinski definition) is 14. The van der Waals surface area contributed by atoms with Crippen molar-refractivity contribution in [1.82, 2.24) is 14.8 Å². The van der Waals surface area contributed by atoms with Gasteiger partial charge in [-0.25, -0.2) is 4.98 Å². The lowest BCUT2D eigenvalue weighted by molar-refractivity contribution is -0.275. The lowest BCUT2D eigenvalue weighted by Gasteiger charge is -2.38. The Balaban J connectivity index is 0.000000618. The molecule has 26 heteroatoms. The van der Waals surface area contributed by atoms with Gasteiger partial charge in [0.15, 0.2) is 21.2 Å². The Morgan fingerprint density at radius 1 is 0.756 bits per heavy atom. The highest BCUT2D eigenvalue weighted by atomic mass is 79.9. The molecular formula is C52H71Br2F6N10O4PS3. The van der Waals surface area contributed by atoms with Crippen LogP contribution in [0.1, 0.15) is 75.1 Å². The van der Waals surface area contributed by atoms with Crippen LogP contribution in [-0.4, -0.2) is 125 Å². The van der Waals surface area contributed by atoms with Crippen molar-refractivity contribution in [2.45, 2.75) is 74.3 Å². The van der Waals surface area contributed by atoms with Gasteiger partial charge in [0.05, 0.1) is 5.33 Å². The van der Waals surface area contributed by atoms with Crippen molar-refractivity contribution in [3.63, 3.8) is 0 Å². The molecule has 5 aromatic rings. The van der Waals surface area contributed by atoms with Crippen LogP contribution in [0, 0.1) is 0 Å². The first-order chi connectivity index (χ1) is 35.0. The first-order valence-electron chi connectivity index (χ1n) is 23.4. The number of thioether (sulfide) groups is 1. The van der Waals surface area contributed by atoms with Crippen LogP contribution in [0.15, 0.2) is 102 Å². The summed E-state index contributed by atoms with van der Waals surface area (Å²) >= 11 is 10.7. The van der Waals surface area contributed by atoms with E-state index >= 15 is 0 Å². The first-order valence-corrected chi connectivity index (χ1v) is 26.7. The molecular weight excluding hydrogens is 1230 g/mol. The molecule has 1 aromatic heterocycles. The number of thiocarbonyl (C=S) groups is 1. The zero-order chi connectivity index (χ0) is 54.2. The molecule has 2 saturated heterocycles. The minimum Gasteiger partial charge on any atom is -0.406 e. The number of benzene rings is 4. The summed E-state index contributed by atoms with van der Waals surface area (Å²) in [4.78, 5) is 42.2. The van der Waals surface area contributed by atoms with Crippen LogP contribution in [-0.2, 0) is 0 Å². The number of piperazine rings is 2. The van der Waals surface area contributed by atoms with E-state index in [0.29, 0.717) is 27.5 Å². The molecule has 14 nitrogen and oxygen atoms in total. The molecule has 6 N–H and O–H groups in total. The van der Waals surface area contributed by atoms with E-state index in [1.165, 1.54) is 41.7 Å². The second kappa shape index (κ2) is 33.7. The molecule has 0 spiro atoms. The first kappa shape index (κ1) is 71.3. The summed E-state index contributed by atoms with van der Waals surface area (Å²) < 4.78 is 80.6. The fourth-order valence-electron chi connectivity index (χ4n) is 7.52. The van der Waals surface area contributed by atoms with Gasteiger partial charge in [0, 0.05) is 98.3 Å². The maximum Gasteiger partial charge on any atom is 0.573 e. The molecule has 2 fully saturated rings. The normalized spacial score (nSPS) is 13.9. The number of carbonyl (C=O) groups is 2. The molecule has 0 amide bonds. The van der Waals surface area contributed by atoms with Crippen LogP contribution < -0.4 is 41.4 Å². The SMILES string of the molecule is Br.C.C.CC(C)N1CCN(c2ccc(Nc3nc(N)c(C(=O)c4cccc(OC(F)(F)F)c4)s3)cc2)CC1.CCSC(N)=NC(=S)Nc1ccc(N2CCN(C(C)C)CC2)cc1.O=C(CBr)c1cccc(OC(F)(F)F)c1.P. The number of Topliss-reactive ketones (excluding diaryl/α,β-unsaturated/α-hetero) is 1. The fraction of sp³-hybridized carbons (Fsp3) is 0.404. The maximum atomic E-state index is 12.9. The number of alkyl halides is 7. The lowest BCUT2D eigenvalue weighted by Crippen LogP contribution is -2.48. The number of ketones is 2. The summed E-state index contributed by atoms with van der Waals surface area (Å²) in [7, 11) is 0. The fourth-order valence-corrected chi connectivity index (χ4v) is 9.43. The summed E-state index contributed by atoms with van der Waals surface area (Å²) in [6.45, 7) is 19.3. The number of ether oxygens (including phenoxy) is 2. The lowest BCUT2D eigenvalue weighted by atomic mass is 10.1. The molecule has 2 aliphatic rings. The van der Waals surface area contributed by atoms with E-state index < -0.39 is 30.0 Å². The van der Waals surface area contributed by atoms with Gasteiger partial charge in [-0.05, 0) is 118 Å². The van der Waals surface area contributed by atoms with Gasteiger partial charge in [-0.1, -0.05) is 85.1 Å². The van der Waals surface area contributed by atoms with Crippen molar-refractivity contribution in [3.05, 3.63) is 113 Å². The quantitative estimate of drug-likeness (QED) is 0.0158. The monoisotopic (exact) mass is 1300 g/mol. The van der Waals surface area contributed by atoms with E-state index in [-0.39, 0.29) is 74.7 Å². The van der Waals surface area contributed by atoms with Crippen molar-refractivity contribution in [3.8, 4) is 11.5 Å². The van der Waals surface area contributed by atoms with Gasteiger partial charge >= 0.3 is 12.7 Å². The number of thiazole rings is 1. The van der Waals surface area contributed by atoms with Gasteiger partial charge in [-0.3, -0.25) is 19.4 Å². The van der Waals surface area contributed by atoms with E-state index in [0.717, 1.165) is 111 Å². The molecule has 1 unspecified atom stereocenters. The number of aliphatic imine (C=N–C) groups is 1. The number of halogens is 8. The van der Waals surface area contributed by atoms with Crippen molar-refractivity contribution < 1.29 is 45.4 Å². The highest BCUT2D eigenvalue weighted by molar-refractivity contribution is 9.09. The number of nitrogens with zero attached hydrogens (tertiary/aromatic N) is 6. The zero-order valence-electron chi connectivity index (χ0n) is 42.4. The largest absolute Gasteiger partial charge is 0.573 e. The Labute approximate surface area is 490 Å². The predicted molar refractivity (Wildman–Crippen MR) is 329 cm³/mol. The summed E-state index contributed by atoms with van der Waals surface area (Å²) in [6, 6.07) is 27.2. The molecule has 0 radical (unpaired) electrons. The molecule has 432 valence electrons. The van der Waals surface area contributed by atoms with E-state index in [9.17, 15) is 35.9 Å². The molecule has 3 heterocycles. The summed E-state index contributed by atoms with van der Waals surface area (Å²) in [5.41, 5.74) is 16.0. The highest BCUT2D eigenvalue weighted by Gasteiger charge is 2.32. The average Bonchev–Trinajstić information content (AvgIpc) is 3.72. The van der Waals surface area contributed by atoms with Crippen LogP contribution in [0.25, 0.3) is 0 Å². The van der Waals surface area contributed by atoms with E-state index in [4.69, 9.17) is 23.7 Å². The van der Waals surface area contributed by atoms with Crippen molar-refractivity contribution in [2.75, 3.05) is 89.6 Å². The van der Waals surface area contributed by atoms with Gasteiger partial charge in [-0.2, -0.15) is 14.9 Å². The molecule has 7 rings (SSSR count). The topological polar surface area (TPSA) is 167 Å². The highest BCUT2D eigenvalue weighted by Crippen LogP contribution is 2.32. The van der Waals surface area contributed by atoms with E-state index in [2.05, 4.69) is 105 Å². The maximum absolute atomic E-state index is 12.9. The predicted octanol–water partition coefficient (Wildman–Crippen LogP) is 13.2. The molecule has 2 aliphatic heterocycles. The molecule has 0 aliphatic carbocycles. The number of nitrogens with one attached hydrogen (secondary N) is 2. The number of rotatable bonds is 14.